The highest BCUT2D eigenvalue weighted by Crippen LogP contribution is 2.28. The summed E-state index contributed by atoms with van der Waals surface area (Å²) in [4.78, 5) is 11.5. The highest BCUT2D eigenvalue weighted by atomic mass is 32.2. The van der Waals surface area contributed by atoms with Gasteiger partial charge in [-0.2, -0.15) is 11.8 Å². The van der Waals surface area contributed by atoms with Crippen molar-refractivity contribution in [2.45, 2.75) is 25.3 Å². The molecule has 0 aliphatic heterocycles. The fraction of sp³-hybridized carbons (Fsp3) is 0.909. The van der Waals surface area contributed by atoms with Crippen LogP contribution in [0.15, 0.2) is 0 Å². The molecule has 0 unspecified atom stereocenters. The Hall–Kier alpha value is -0.260. The first kappa shape index (κ1) is 13.8. The maximum absolute atomic E-state index is 11.5. The standard InChI is InChI=1S/C11H22N2O2S/c1-16-7-4-10(12)11(14)13-5-6-15-8-9-2-3-9/h9-10H,2-8,12H2,1H3,(H,13,14)/t10-/m1/s1. The van der Waals surface area contributed by atoms with E-state index in [0.29, 0.717) is 13.2 Å². The summed E-state index contributed by atoms with van der Waals surface area (Å²) >= 11 is 1.70. The SMILES string of the molecule is CSCC[C@@H](N)C(=O)NCCOCC1CC1. The molecule has 1 atom stereocenters. The van der Waals surface area contributed by atoms with Crippen LogP contribution in [-0.2, 0) is 9.53 Å². The Kier molecular flexibility index (Phi) is 6.84. The van der Waals surface area contributed by atoms with Crippen LogP contribution in [0, 0.1) is 5.92 Å². The van der Waals surface area contributed by atoms with Crippen LogP contribution in [0.25, 0.3) is 0 Å². The maximum Gasteiger partial charge on any atom is 0.237 e. The van der Waals surface area contributed by atoms with Gasteiger partial charge in [0.1, 0.15) is 0 Å². The normalized spacial score (nSPS) is 17.1. The largest absolute Gasteiger partial charge is 0.379 e. The number of nitrogens with two attached hydrogens (primary N) is 1. The van der Waals surface area contributed by atoms with Gasteiger partial charge in [0, 0.05) is 13.2 Å². The minimum absolute atomic E-state index is 0.0657. The molecule has 0 spiro atoms. The van der Waals surface area contributed by atoms with Crippen LogP contribution in [0.4, 0.5) is 0 Å². The number of thioether (sulfide) groups is 1. The summed E-state index contributed by atoms with van der Waals surface area (Å²) in [7, 11) is 0. The average molecular weight is 246 g/mol. The van der Waals surface area contributed by atoms with E-state index in [1.165, 1.54) is 12.8 Å². The van der Waals surface area contributed by atoms with Crippen molar-refractivity contribution in [3.05, 3.63) is 0 Å². The molecule has 0 aromatic heterocycles. The van der Waals surface area contributed by atoms with Crippen LogP contribution in [-0.4, -0.2) is 43.7 Å². The van der Waals surface area contributed by atoms with Crippen molar-refractivity contribution in [2.24, 2.45) is 11.7 Å². The van der Waals surface area contributed by atoms with Gasteiger partial charge < -0.3 is 15.8 Å². The minimum atomic E-state index is -0.379. The molecule has 1 aliphatic rings. The molecule has 1 amide bonds. The molecule has 0 bridgehead atoms. The van der Waals surface area contributed by atoms with Crippen molar-refractivity contribution >= 4 is 17.7 Å². The van der Waals surface area contributed by atoms with Gasteiger partial charge in [-0.25, -0.2) is 0 Å². The molecular formula is C11H22N2O2S. The van der Waals surface area contributed by atoms with Crippen molar-refractivity contribution in [3.8, 4) is 0 Å². The summed E-state index contributed by atoms with van der Waals surface area (Å²) in [5.74, 6) is 1.64. The molecule has 4 nitrogen and oxygen atoms in total. The fourth-order valence-corrected chi connectivity index (χ4v) is 1.78. The number of nitrogens with one attached hydrogen (secondary N) is 1. The lowest BCUT2D eigenvalue weighted by Gasteiger charge is -2.11. The molecule has 1 rings (SSSR count). The van der Waals surface area contributed by atoms with Crippen LogP contribution in [0.1, 0.15) is 19.3 Å². The highest BCUT2D eigenvalue weighted by Gasteiger charge is 2.21. The van der Waals surface area contributed by atoms with Gasteiger partial charge in [-0.1, -0.05) is 0 Å². The summed E-state index contributed by atoms with van der Waals surface area (Å²) < 4.78 is 5.41. The van der Waals surface area contributed by atoms with E-state index in [1.54, 1.807) is 11.8 Å². The highest BCUT2D eigenvalue weighted by molar-refractivity contribution is 7.98. The molecule has 0 heterocycles. The van der Waals surface area contributed by atoms with E-state index in [-0.39, 0.29) is 11.9 Å². The Morgan fingerprint density at radius 1 is 1.62 bits per heavy atom. The van der Waals surface area contributed by atoms with E-state index in [4.69, 9.17) is 10.5 Å². The lowest BCUT2D eigenvalue weighted by Crippen LogP contribution is -2.42. The molecule has 5 heteroatoms. The van der Waals surface area contributed by atoms with Crippen molar-refractivity contribution in [2.75, 3.05) is 31.8 Å². The lowest BCUT2D eigenvalue weighted by molar-refractivity contribution is -0.122. The Bertz CT molecular complexity index is 210. The second-order valence-corrected chi connectivity index (χ2v) is 5.18. The van der Waals surface area contributed by atoms with E-state index in [1.807, 2.05) is 6.26 Å². The number of amides is 1. The fourth-order valence-electron chi connectivity index (χ4n) is 1.29. The third-order valence-corrected chi connectivity index (χ3v) is 3.21. The average Bonchev–Trinajstić information content (AvgIpc) is 3.09. The smallest absolute Gasteiger partial charge is 0.237 e. The predicted molar refractivity (Wildman–Crippen MR) is 67.5 cm³/mol. The van der Waals surface area contributed by atoms with Gasteiger partial charge in [0.25, 0.3) is 0 Å². The summed E-state index contributed by atoms with van der Waals surface area (Å²) in [6.45, 7) is 2.00. The van der Waals surface area contributed by atoms with Gasteiger partial charge in [-0.15, -0.1) is 0 Å². The molecule has 3 N–H and O–H groups in total. The number of rotatable bonds is 9. The summed E-state index contributed by atoms with van der Waals surface area (Å²) in [5.41, 5.74) is 5.71. The monoisotopic (exact) mass is 246 g/mol. The quantitative estimate of drug-likeness (QED) is 0.585. The molecule has 0 aromatic carbocycles. The molecule has 1 saturated carbocycles. The third-order valence-electron chi connectivity index (χ3n) is 2.57. The first-order valence-corrected chi connectivity index (χ1v) is 7.23. The zero-order chi connectivity index (χ0) is 11.8. The first-order valence-electron chi connectivity index (χ1n) is 5.84. The molecule has 94 valence electrons. The molecule has 0 aromatic rings. The summed E-state index contributed by atoms with van der Waals surface area (Å²) in [5, 5.41) is 2.79. The molecule has 0 saturated heterocycles. The Labute approximate surface area is 102 Å². The van der Waals surface area contributed by atoms with Crippen molar-refractivity contribution < 1.29 is 9.53 Å². The number of ether oxygens (including phenoxy) is 1. The molecule has 16 heavy (non-hydrogen) atoms. The van der Waals surface area contributed by atoms with Gasteiger partial charge in [0.2, 0.25) is 5.91 Å². The lowest BCUT2D eigenvalue weighted by atomic mass is 10.2. The zero-order valence-corrected chi connectivity index (χ0v) is 10.7. The van der Waals surface area contributed by atoms with Crippen LogP contribution >= 0.6 is 11.8 Å². The Morgan fingerprint density at radius 3 is 3.00 bits per heavy atom. The molecule has 1 aliphatic carbocycles. The summed E-state index contributed by atoms with van der Waals surface area (Å²) in [6.07, 6.45) is 5.34. The van der Waals surface area contributed by atoms with E-state index < -0.39 is 0 Å². The number of hydrogen-bond donors (Lipinski definition) is 2. The van der Waals surface area contributed by atoms with Crippen molar-refractivity contribution in [3.63, 3.8) is 0 Å². The molecular weight excluding hydrogens is 224 g/mol. The van der Waals surface area contributed by atoms with Crippen molar-refractivity contribution in [1.82, 2.24) is 5.32 Å². The number of carbonyl (C=O) groups excluding carboxylic acids is 1. The summed E-state index contributed by atoms with van der Waals surface area (Å²) in [6, 6.07) is -0.379. The van der Waals surface area contributed by atoms with Gasteiger partial charge in [-0.3, -0.25) is 4.79 Å². The van der Waals surface area contributed by atoms with Crippen LogP contribution < -0.4 is 11.1 Å². The van der Waals surface area contributed by atoms with Crippen molar-refractivity contribution in [1.29, 1.82) is 0 Å². The van der Waals surface area contributed by atoms with Crippen LogP contribution in [0.3, 0.4) is 0 Å². The molecule has 0 radical (unpaired) electrons. The minimum Gasteiger partial charge on any atom is -0.379 e. The van der Waals surface area contributed by atoms with E-state index in [2.05, 4.69) is 5.32 Å². The van der Waals surface area contributed by atoms with Gasteiger partial charge >= 0.3 is 0 Å². The zero-order valence-electron chi connectivity index (χ0n) is 9.91. The van der Waals surface area contributed by atoms with E-state index in [0.717, 1.165) is 24.7 Å². The number of hydrogen-bond acceptors (Lipinski definition) is 4. The maximum atomic E-state index is 11.5. The van der Waals surface area contributed by atoms with Gasteiger partial charge in [-0.05, 0) is 37.2 Å². The van der Waals surface area contributed by atoms with Crippen LogP contribution in [0.2, 0.25) is 0 Å². The van der Waals surface area contributed by atoms with E-state index in [9.17, 15) is 4.79 Å². The Morgan fingerprint density at radius 2 is 2.38 bits per heavy atom. The topological polar surface area (TPSA) is 64.4 Å². The van der Waals surface area contributed by atoms with Crippen LogP contribution in [0.5, 0.6) is 0 Å². The first-order chi connectivity index (χ1) is 7.74. The van der Waals surface area contributed by atoms with E-state index >= 15 is 0 Å². The Balaban J connectivity index is 1.91. The molecule has 1 fully saturated rings. The number of carbonyl (C=O) groups is 1. The second-order valence-electron chi connectivity index (χ2n) is 4.20. The van der Waals surface area contributed by atoms with Gasteiger partial charge in [0.05, 0.1) is 12.6 Å². The third kappa shape index (κ3) is 6.35. The second kappa shape index (κ2) is 7.92. The van der Waals surface area contributed by atoms with Gasteiger partial charge in [0.15, 0.2) is 0 Å². The predicted octanol–water partition coefficient (Wildman–Crippen LogP) is 0.610.